The van der Waals surface area contributed by atoms with Crippen molar-refractivity contribution in [2.75, 3.05) is 18.4 Å². The highest BCUT2D eigenvalue weighted by molar-refractivity contribution is 7.89. The number of aryl methyl sites for hydroxylation is 1. The van der Waals surface area contributed by atoms with Crippen LogP contribution in [0.4, 0.5) is 17.1 Å². The molecule has 0 spiro atoms. The van der Waals surface area contributed by atoms with Crippen molar-refractivity contribution >= 4 is 38.2 Å². The number of oxazole rings is 1. The molecule has 28 heavy (non-hydrogen) atoms. The minimum atomic E-state index is -3.79. The number of nitro groups is 1. The van der Waals surface area contributed by atoms with Crippen LogP contribution in [-0.4, -0.2) is 35.7 Å². The van der Waals surface area contributed by atoms with Gasteiger partial charge in [0.1, 0.15) is 11.2 Å². The Bertz CT molecular complexity index is 1140. The fourth-order valence-electron chi connectivity index (χ4n) is 2.92. The Morgan fingerprint density at radius 2 is 1.89 bits per heavy atom. The van der Waals surface area contributed by atoms with Crippen LogP contribution in [0.3, 0.4) is 0 Å². The van der Waals surface area contributed by atoms with Crippen LogP contribution in [0.5, 0.6) is 0 Å². The van der Waals surface area contributed by atoms with Crippen molar-refractivity contribution in [2.24, 2.45) is 0 Å². The van der Waals surface area contributed by atoms with E-state index in [2.05, 4.69) is 10.3 Å². The lowest BCUT2D eigenvalue weighted by Gasteiger charge is -2.18. The molecule has 0 amide bonds. The molecule has 0 aliphatic rings. The molecule has 1 heterocycles. The van der Waals surface area contributed by atoms with Gasteiger partial charge >= 0.3 is 0 Å². The highest BCUT2D eigenvalue weighted by atomic mass is 32.2. The van der Waals surface area contributed by atoms with Crippen LogP contribution in [0, 0.1) is 17.0 Å². The number of nitro benzene ring substituents is 1. The quantitative estimate of drug-likeness (QED) is 0.470. The summed E-state index contributed by atoms with van der Waals surface area (Å²) in [4.78, 5) is 15.1. The first-order valence-corrected chi connectivity index (χ1v) is 10.1. The molecule has 2 aromatic carbocycles. The van der Waals surface area contributed by atoms with Crippen molar-refractivity contribution in [1.29, 1.82) is 0 Å². The third-order valence-corrected chi connectivity index (χ3v) is 6.33. The molecule has 0 unspecified atom stereocenters. The highest BCUT2D eigenvalue weighted by Crippen LogP contribution is 2.32. The first-order valence-electron chi connectivity index (χ1n) is 8.69. The van der Waals surface area contributed by atoms with Gasteiger partial charge in [0, 0.05) is 31.8 Å². The van der Waals surface area contributed by atoms with E-state index in [0.29, 0.717) is 22.7 Å². The second-order valence-electron chi connectivity index (χ2n) is 6.07. The number of nitrogens with one attached hydrogen (secondary N) is 1. The predicted molar refractivity (Wildman–Crippen MR) is 105 cm³/mol. The van der Waals surface area contributed by atoms with Crippen molar-refractivity contribution < 1.29 is 17.8 Å². The Balaban J connectivity index is 2.00. The second-order valence-corrected chi connectivity index (χ2v) is 8.00. The molecule has 3 aromatic rings. The predicted octanol–water partition coefficient (Wildman–Crippen LogP) is 3.82. The lowest BCUT2D eigenvalue weighted by atomic mass is 10.2. The van der Waals surface area contributed by atoms with Gasteiger partial charge in [-0.05, 0) is 30.3 Å². The van der Waals surface area contributed by atoms with E-state index in [1.54, 1.807) is 39.0 Å². The Labute approximate surface area is 162 Å². The molecule has 0 saturated heterocycles. The summed E-state index contributed by atoms with van der Waals surface area (Å²) >= 11 is 0. The molecule has 1 aromatic heterocycles. The van der Waals surface area contributed by atoms with E-state index in [1.807, 2.05) is 0 Å². The van der Waals surface area contributed by atoms with E-state index in [0.717, 1.165) is 6.07 Å². The maximum absolute atomic E-state index is 12.7. The van der Waals surface area contributed by atoms with Crippen LogP contribution in [0.2, 0.25) is 0 Å². The molecule has 0 bridgehead atoms. The number of hydrogen-bond donors (Lipinski definition) is 1. The van der Waals surface area contributed by atoms with Gasteiger partial charge in [0.25, 0.3) is 5.69 Å². The SMILES string of the molecule is CCN(CC)S(=O)(=O)c1ccc(Nc2ccc3oc(C)nc3c2)c([N+](=O)[O-])c1. The summed E-state index contributed by atoms with van der Waals surface area (Å²) in [6.45, 7) is 5.72. The molecule has 0 aliphatic carbocycles. The summed E-state index contributed by atoms with van der Waals surface area (Å²) in [5.74, 6) is 0.518. The smallest absolute Gasteiger partial charge is 0.294 e. The third-order valence-electron chi connectivity index (χ3n) is 4.28. The van der Waals surface area contributed by atoms with Crippen molar-refractivity contribution in [1.82, 2.24) is 9.29 Å². The topological polar surface area (TPSA) is 119 Å². The zero-order valence-corrected chi connectivity index (χ0v) is 16.5. The minimum Gasteiger partial charge on any atom is -0.441 e. The average molecular weight is 404 g/mol. The first kappa shape index (κ1) is 19.8. The molecular formula is C18H20N4O5S. The number of hydrogen-bond acceptors (Lipinski definition) is 7. The zero-order chi connectivity index (χ0) is 20.5. The van der Waals surface area contributed by atoms with Crippen LogP contribution in [-0.2, 0) is 10.0 Å². The van der Waals surface area contributed by atoms with Crippen LogP contribution in [0.15, 0.2) is 45.7 Å². The van der Waals surface area contributed by atoms with Gasteiger partial charge in [-0.2, -0.15) is 4.31 Å². The molecule has 148 valence electrons. The molecule has 0 saturated carbocycles. The second kappa shape index (κ2) is 7.56. The third kappa shape index (κ3) is 3.69. The number of sulfonamides is 1. The minimum absolute atomic E-state index is 0.115. The molecule has 0 atom stereocenters. The number of rotatable bonds is 7. The van der Waals surface area contributed by atoms with Gasteiger partial charge in [-0.3, -0.25) is 10.1 Å². The van der Waals surface area contributed by atoms with Crippen molar-refractivity contribution in [3.8, 4) is 0 Å². The van der Waals surface area contributed by atoms with E-state index in [4.69, 9.17) is 4.42 Å². The van der Waals surface area contributed by atoms with Crippen LogP contribution < -0.4 is 5.32 Å². The van der Waals surface area contributed by atoms with Gasteiger partial charge < -0.3 is 9.73 Å². The van der Waals surface area contributed by atoms with Crippen molar-refractivity contribution in [3.63, 3.8) is 0 Å². The molecule has 1 N–H and O–H groups in total. The number of fused-ring (bicyclic) bond motifs is 1. The molecule has 0 aliphatic heterocycles. The van der Waals surface area contributed by atoms with Gasteiger partial charge in [-0.1, -0.05) is 13.8 Å². The van der Waals surface area contributed by atoms with Crippen molar-refractivity contribution in [3.05, 3.63) is 52.4 Å². The van der Waals surface area contributed by atoms with Crippen LogP contribution in [0.25, 0.3) is 11.1 Å². The summed E-state index contributed by atoms with van der Waals surface area (Å²) < 4.78 is 32.0. The Kier molecular flexibility index (Phi) is 5.34. The molecule has 9 nitrogen and oxygen atoms in total. The lowest BCUT2D eigenvalue weighted by Crippen LogP contribution is -2.30. The first-order chi connectivity index (χ1) is 13.3. The maximum atomic E-state index is 12.7. The molecule has 10 heteroatoms. The van der Waals surface area contributed by atoms with Crippen LogP contribution in [0.1, 0.15) is 19.7 Å². The molecular weight excluding hydrogens is 384 g/mol. The number of nitrogens with zero attached hydrogens (tertiary/aromatic N) is 3. The van der Waals surface area contributed by atoms with Gasteiger partial charge in [0.15, 0.2) is 11.5 Å². The number of aromatic nitrogens is 1. The summed E-state index contributed by atoms with van der Waals surface area (Å²) in [7, 11) is -3.79. The normalized spacial score (nSPS) is 11.9. The van der Waals surface area contributed by atoms with Crippen molar-refractivity contribution in [2.45, 2.75) is 25.7 Å². The van der Waals surface area contributed by atoms with Gasteiger partial charge in [0.05, 0.1) is 9.82 Å². The van der Waals surface area contributed by atoms with E-state index in [9.17, 15) is 18.5 Å². The Hall–Kier alpha value is -2.98. The fraction of sp³-hybridized carbons (Fsp3) is 0.278. The van der Waals surface area contributed by atoms with Crippen LogP contribution >= 0.6 is 0 Å². The van der Waals surface area contributed by atoms with Gasteiger partial charge in [-0.15, -0.1) is 0 Å². The number of benzene rings is 2. The monoisotopic (exact) mass is 404 g/mol. The van der Waals surface area contributed by atoms with Gasteiger partial charge in [-0.25, -0.2) is 13.4 Å². The van der Waals surface area contributed by atoms with E-state index >= 15 is 0 Å². The van der Waals surface area contributed by atoms with E-state index in [-0.39, 0.29) is 29.4 Å². The summed E-state index contributed by atoms with van der Waals surface area (Å²) in [6.07, 6.45) is 0. The molecule has 3 rings (SSSR count). The molecule has 0 fully saturated rings. The maximum Gasteiger partial charge on any atom is 0.294 e. The lowest BCUT2D eigenvalue weighted by molar-refractivity contribution is -0.384. The summed E-state index contributed by atoms with van der Waals surface area (Å²) in [6, 6.07) is 8.96. The average Bonchev–Trinajstić information content (AvgIpc) is 3.01. The standard InChI is InChI=1S/C18H20N4O5S/c1-4-21(5-2)28(25,26)14-7-8-15(17(11-14)22(23)24)20-13-6-9-18-16(10-13)19-12(3)27-18/h6-11,20H,4-5H2,1-3H3. The largest absolute Gasteiger partial charge is 0.441 e. The Morgan fingerprint density at radius 1 is 1.18 bits per heavy atom. The summed E-state index contributed by atoms with van der Waals surface area (Å²) in [5.41, 5.74) is 1.65. The zero-order valence-electron chi connectivity index (χ0n) is 15.7. The fourth-order valence-corrected chi connectivity index (χ4v) is 4.40. The number of anilines is 2. The van der Waals surface area contributed by atoms with E-state index < -0.39 is 14.9 Å². The highest BCUT2D eigenvalue weighted by Gasteiger charge is 2.25. The summed E-state index contributed by atoms with van der Waals surface area (Å²) in [5, 5.41) is 14.5. The Morgan fingerprint density at radius 3 is 2.54 bits per heavy atom. The van der Waals surface area contributed by atoms with Gasteiger partial charge in [0.2, 0.25) is 10.0 Å². The van der Waals surface area contributed by atoms with E-state index in [1.165, 1.54) is 16.4 Å². The molecule has 0 radical (unpaired) electrons.